The van der Waals surface area contributed by atoms with Crippen molar-refractivity contribution in [2.75, 3.05) is 17.2 Å². The summed E-state index contributed by atoms with van der Waals surface area (Å²) in [7, 11) is 0. The van der Waals surface area contributed by atoms with Gasteiger partial charge in [-0.05, 0) is 50.4 Å². The molecule has 2 N–H and O–H groups in total. The molecule has 21 heavy (non-hydrogen) atoms. The maximum Gasteiger partial charge on any atom is 0.224 e. The van der Waals surface area contributed by atoms with E-state index in [2.05, 4.69) is 59.4 Å². The van der Waals surface area contributed by atoms with Crippen molar-refractivity contribution in [3.63, 3.8) is 0 Å². The summed E-state index contributed by atoms with van der Waals surface area (Å²) in [5, 5.41) is 6.43. The predicted molar refractivity (Wildman–Crippen MR) is 90.9 cm³/mol. The number of nitrogens with one attached hydrogen (secondary N) is 2. The second kappa shape index (κ2) is 7.38. The van der Waals surface area contributed by atoms with E-state index in [4.69, 9.17) is 11.6 Å². The summed E-state index contributed by atoms with van der Waals surface area (Å²) in [6.07, 6.45) is 2.61. The van der Waals surface area contributed by atoms with E-state index in [1.54, 1.807) is 6.20 Å². The van der Waals surface area contributed by atoms with Gasteiger partial charge in [0.1, 0.15) is 11.6 Å². The molecular weight excluding hydrogens is 426 g/mol. The fourth-order valence-corrected chi connectivity index (χ4v) is 2.75. The van der Waals surface area contributed by atoms with Crippen molar-refractivity contribution in [1.82, 2.24) is 9.97 Å². The first-order valence-electron chi connectivity index (χ1n) is 6.19. The summed E-state index contributed by atoms with van der Waals surface area (Å²) >= 11 is 12.7. The summed E-state index contributed by atoms with van der Waals surface area (Å²) in [5.41, 5.74) is 0.541. The normalized spacial score (nSPS) is 10.5. The lowest BCUT2D eigenvalue weighted by molar-refractivity contribution is 0.627. The van der Waals surface area contributed by atoms with Crippen LogP contribution in [0.15, 0.2) is 27.3 Å². The number of hydrogen-bond acceptors (Lipinski definition) is 4. The Balaban J connectivity index is 2.31. The van der Waals surface area contributed by atoms with E-state index in [0.717, 1.165) is 13.0 Å². The van der Waals surface area contributed by atoms with Crippen molar-refractivity contribution >= 4 is 60.9 Å². The standard InChI is InChI=1S/C13H12Br2ClFN4/c1-2-3-18-13-19-6-9(15)12(21-13)20-11-8(14)4-7(17)5-10(11)16/h4-6H,2-3H2,1H3,(H2,18,19,20,21). The smallest absolute Gasteiger partial charge is 0.224 e. The molecule has 0 amide bonds. The minimum Gasteiger partial charge on any atom is -0.354 e. The molecule has 2 aromatic rings. The fourth-order valence-electron chi connectivity index (χ4n) is 1.56. The van der Waals surface area contributed by atoms with E-state index in [1.165, 1.54) is 12.1 Å². The molecule has 0 aliphatic heterocycles. The number of halogens is 4. The van der Waals surface area contributed by atoms with Gasteiger partial charge in [0.2, 0.25) is 5.95 Å². The summed E-state index contributed by atoms with van der Waals surface area (Å²) in [5.74, 6) is 0.638. The predicted octanol–water partition coefficient (Wildman–Crippen LogP) is 5.36. The Hall–Kier alpha value is -0.920. The van der Waals surface area contributed by atoms with Crippen LogP contribution in [0.2, 0.25) is 5.02 Å². The molecule has 0 aliphatic carbocycles. The Morgan fingerprint density at radius 1 is 1.29 bits per heavy atom. The summed E-state index contributed by atoms with van der Waals surface area (Å²) in [4.78, 5) is 8.52. The van der Waals surface area contributed by atoms with E-state index in [-0.39, 0.29) is 5.02 Å². The molecule has 0 fully saturated rings. The second-order valence-electron chi connectivity index (χ2n) is 4.19. The highest BCUT2D eigenvalue weighted by Crippen LogP contribution is 2.35. The maximum atomic E-state index is 13.2. The molecule has 2 rings (SSSR count). The third-order valence-corrected chi connectivity index (χ3v) is 4.03. The first-order valence-corrected chi connectivity index (χ1v) is 8.15. The summed E-state index contributed by atoms with van der Waals surface area (Å²) in [6.45, 7) is 2.84. The van der Waals surface area contributed by atoms with Crippen molar-refractivity contribution in [2.24, 2.45) is 0 Å². The number of aromatic nitrogens is 2. The zero-order valence-corrected chi connectivity index (χ0v) is 15.0. The van der Waals surface area contributed by atoms with E-state index in [1.807, 2.05) is 0 Å². The average molecular weight is 439 g/mol. The second-order valence-corrected chi connectivity index (χ2v) is 6.30. The van der Waals surface area contributed by atoms with Crippen LogP contribution in [0.5, 0.6) is 0 Å². The molecule has 8 heteroatoms. The molecule has 0 radical (unpaired) electrons. The zero-order valence-electron chi connectivity index (χ0n) is 11.1. The van der Waals surface area contributed by atoms with E-state index >= 15 is 0 Å². The van der Waals surface area contributed by atoms with E-state index in [9.17, 15) is 4.39 Å². The molecule has 1 aromatic heterocycles. The molecule has 112 valence electrons. The minimum atomic E-state index is -0.413. The number of anilines is 3. The molecule has 0 spiro atoms. The van der Waals surface area contributed by atoms with Gasteiger partial charge in [0, 0.05) is 17.2 Å². The van der Waals surface area contributed by atoms with Crippen LogP contribution in [0.1, 0.15) is 13.3 Å². The molecule has 0 atom stereocenters. The first kappa shape index (κ1) is 16.5. The molecule has 1 aromatic carbocycles. The number of rotatable bonds is 5. The van der Waals surface area contributed by atoms with Crippen LogP contribution in [-0.4, -0.2) is 16.5 Å². The van der Waals surface area contributed by atoms with Gasteiger partial charge in [0.25, 0.3) is 0 Å². The van der Waals surface area contributed by atoms with Crippen molar-refractivity contribution in [2.45, 2.75) is 13.3 Å². The molecule has 0 saturated carbocycles. The van der Waals surface area contributed by atoms with Gasteiger partial charge in [0.05, 0.1) is 15.2 Å². The number of hydrogen-bond donors (Lipinski definition) is 2. The largest absolute Gasteiger partial charge is 0.354 e. The minimum absolute atomic E-state index is 0.260. The van der Waals surface area contributed by atoms with Crippen LogP contribution in [0.3, 0.4) is 0 Å². The van der Waals surface area contributed by atoms with Crippen LogP contribution in [0.25, 0.3) is 0 Å². The van der Waals surface area contributed by atoms with Crippen LogP contribution in [0.4, 0.5) is 21.8 Å². The topological polar surface area (TPSA) is 49.8 Å². The van der Waals surface area contributed by atoms with Crippen molar-refractivity contribution < 1.29 is 4.39 Å². The average Bonchev–Trinajstić information content (AvgIpc) is 2.43. The monoisotopic (exact) mass is 436 g/mol. The SMILES string of the molecule is CCCNc1ncc(Br)c(Nc2c(Cl)cc(F)cc2Br)n1. The number of benzene rings is 1. The van der Waals surface area contributed by atoms with Crippen molar-refractivity contribution in [3.8, 4) is 0 Å². The molecule has 0 saturated heterocycles. The summed E-state index contributed by atoms with van der Waals surface area (Å²) < 4.78 is 14.4. The third-order valence-electron chi connectivity index (χ3n) is 2.53. The Labute approximate surface area is 143 Å². The molecule has 0 aliphatic rings. The van der Waals surface area contributed by atoms with Crippen molar-refractivity contribution in [1.29, 1.82) is 0 Å². The van der Waals surface area contributed by atoms with E-state index in [0.29, 0.717) is 26.4 Å². The van der Waals surface area contributed by atoms with Gasteiger partial charge in [0.15, 0.2) is 0 Å². The van der Waals surface area contributed by atoms with Crippen LogP contribution in [0, 0.1) is 5.82 Å². The lowest BCUT2D eigenvalue weighted by atomic mass is 10.3. The van der Waals surface area contributed by atoms with Gasteiger partial charge in [-0.2, -0.15) is 4.98 Å². The van der Waals surface area contributed by atoms with Crippen LogP contribution < -0.4 is 10.6 Å². The summed E-state index contributed by atoms with van der Waals surface area (Å²) in [6, 6.07) is 2.57. The van der Waals surface area contributed by atoms with E-state index < -0.39 is 5.82 Å². The Morgan fingerprint density at radius 2 is 2.05 bits per heavy atom. The Bertz CT molecular complexity index is 631. The van der Waals surface area contributed by atoms with Gasteiger partial charge >= 0.3 is 0 Å². The van der Waals surface area contributed by atoms with Crippen molar-refractivity contribution in [3.05, 3.63) is 38.1 Å². The van der Waals surface area contributed by atoms with Gasteiger partial charge in [-0.15, -0.1) is 0 Å². The number of nitrogens with zero attached hydrogens (tertiary/aromatic N) is 2. The van der Waals surface area contributed by atoms with Gasteiger partial charge in [-0.1, -0.05) is 18.5 Å². The molecular formula is C13H12Br2ClFN4. The van der Waals surface area contributed by atoms with Crippen LogP contribution >= 0.6 is 43.5 Å². The maximum absolute atomic E-state index is 13.2. The van der Waals surface area contributed by atoms with Gasteiger partial charge < -0.3 is 10.6 Å². The molecule has 1 heterocycles. The fraction of sp³-hybridized carbons (Fsp3) is 0.231. The Kier molecular flexibility index (Phi) is 5.78. The molecule has 4 nitrogen and oxygen atoms in total. The highest BCUT2D eigenvalue weighted by Gasteiger charge is 2.12. The Morgan fingerprint density at radius 3 is 2.71 bits per heavy atom. The highest BCUT2D eigenvalue weighted by molar-refractivity contribution is 9.11. The molecule has 0 unspecified atom stereocenters. The first-order chi connectivity index (χ1) is 10.0. The third kappa shape index (κ3) is 4.28. The van der Waals surface area contributed by atoms with Gasteiger partial charge in [-0.3, -0.25) is 0 Å². The highest BCUT2D eigenvalue weighted by atomic mass is 79.9. The molecule has 0 bridgehead atoms. The lowest BCUT2D eigenvalue weighted by Crippen LogP contribution is -2.06. The quantitative estimate of drug-likeness (QED) is 0.660. The van der Waals surface area contributed by atoms with Crippen LogP contribution in [-0.2, 0) is 0 Å². The lowest BCUT2D eigenvalue weighted by Gasteiger charge is -2.12. The zero-order chi connectivity index (χ0) is 15.4. The van der Waals surface area contributed by atoms with Gasteiger partial charge in [-0.25, -0.2) is 9.37 Å².